The molecule has 0 aliphatic carbocycles. The van der Waals surface area contributed by atoms with Crippen molar-refractivity contribution in [3.8, 4) is 0 Å². The predicted octanol–water partition coefficient (Wildman–Crippen LogP) is 1.75. The largest absolute Gasteiger partial charge is 0.369 e. The summed E-state index contributed by atoms with van der Waals surface area (Å²) < 4.78 is 0. The number of hydrogen-bond donors (Lipinski definition) is 2. The summed E-state index contributed by atoms with van der Waals surface area (Å²) in [7, 11) is 0. The summed E-state index contributed by atoms with van der Waals surface area (Å²) >= 11 is 0. The topological polar surface area (TPSA) is 58.4 Å². The van der Waals surface area contributed by atoms with Crippen LogP contribution in [-0.2, 0) is 4.79 Å². The average Bonchev–Trinajstić information content (AvgIpc) is 2.47. The van der Waals surface area contributed by atoms with Crippen LogP contribution < -0.4 is 16.0 Å². The molecule has 1 aliphatic heterocycles. The van der Waals surface area contributed by atoms with Gasteiger partial charge in [0.25, 0.3) is 0 Å². The molecule has 3 unspecified atom stereocenters. The van der Waals surface area contributed by atoms with Gasteiger partial charge in [-0.3, -0.25) is 4.79 Å². The summed E-state index contributed by atoms with van der Waals surface area (Å²) in [6.45, 7) is 5.69. The second-order valence-corrected chi connectivity index (χ2v) is 5.78. The zero-order chi connectivity index (χ0) is 14.5. The van der Waals surface area contributed by atoms with Gasteiger partial charge in [-0.15, -0.1) is 0 Å². The molecule has 4 heteroatoms. The van der Waals surface area contributed by atoms with Crippen LogP contribution in [0.1, 0.15) is 26.7 Å². The molecule has 0 saturated carbocycles. The summed E-state index contributed by atoms with van der Waals surface area (Å²) in [4.78, 5) is 14.4. The van der Waals surface area contributed by atoms with E-state index in [0.29, 0.717) is 0 Å². The van der Waals surface area contributed by atoms with Gasteiger partial charge in [-0.05, 0) is 31.9 Å². The number of amides is 1. The first-order chi connectivity index (χ1) is 9.58. The number of hydrogen-bond acceptors (Lipinski definition) is 3. The lowest BCUT2D eigenvalue weighted by Crippen LogP contribution is -2.50. The summed E-state index contributed by atoms with van der Waals surface area (Å²) in [6.07, 6.45) is 2.15. The maximum Gasteiger partial charge on any atom is 0.224 e. The van der Waals surface area contributed by atoms with Crippen LogP contribution in [0, 0.1) is 5.92 Å². The van der Waals surface area contributed by atoms with Crippen molar-refractivity contribution in [2.24, 2.45) is 11.7 Å². The Morgan fingerprint density at radius 3 is 2.70 bits per heavy atom. The van der Waals surface area contributed by atoms with Gasteiger partial charge in [-0.1, -0.05) is 25.1 Å². The van der Waals surface area contributed by atoms with Crippen molar-refractivity contribution in [1.82, 2.24) is 5.32 Å². The highest BCUT2D eigenvalue weighted by molar-refractivity contribution is 5.79. The molecule has 1 aromatic carbocycles. The summed E-state index contributed by atoms with van der Waals surface area (Å²) in [6, 6.07) is 10.5. The molecular formula is C16H25N3O. The molecule has 1 saturated heterocycles. The Morgan fingerprint density at radius 2 is 2.05 bits per heavy atom. The highest BCUT2D eigenvalue weighted by Gasteiger charge is 2.24. The van der Waals surface area contributed by atoms with Gasteiger partial charge >= 0.3 is 0 Å². The van der Waals surface area contributed by atoms with E-state index in [1.165, 1.54) is 5.69 Å². The van der Waals surface area contributed by atoms with E-state index in [1.54, 1.807) is 0 Å². The van der Waals surface area contributed by atoms with Crippen LogP contribution in [0.5, 0.6) is 0 Å². The lowest BCUT2D eigenvalue weighted by Gasteiger charge is -2.35. The van der Waals surface area contributed by atoms with Crippen molar-refractivity contribution in [3.63, 3.8) is 0 Å². The van der Waals surface area contributed by atoms with E-state index in [-0.39, 0.29) is 23.9 Å². The number of nitrogens with two attached hydrogens (primary N) is 1. The van der Waals surface area contributed by atoms with Gasteiger partial charge in [0, 0.05) is 36.8 Å². The lowest BCUT2D eigenvalue weighted by atomic mass is 10.0. The molecule has 1 amide bonds. The van der Waals surface area contributed by atoms with Crippen molar-refractivity contribution in [1.29, 1.82) is 0 Å². The molecule has 3 atom stereocenters. The third kappa shape index (κ3) is 3.73. The Bertz CT molecular complexity index is 433. The standard InChI is InChI=1S/C16H25N3O/c1-12(13(2)17)16(20)18-14-7-6-10-19(11-14)15-8-4-3-5-9-15/h3-5,8-9,12-14H,6-7,10-11,17H2,1-2H3,(H,18,20). The minimum absolute atomic E-state index is 0.0694. The molecule has 0 bridgehead atoms. The minimum atomic E-state index is -0.137. The smallest absolute Gasteiger partial charge is 0.224 e. The molecule has 20 heavy (non-hydrogen) atoms. The number of rotatable bonds is 4. The monoisotopic (exact) mass is 275 g/mol. The van der Waals surface area contributed by atoms with Gasteiger partial charge in [-0.2, -0.15) is 0 Å². The Kier molecular flexibility index (Phi) is 5.01. The summed E-state index contributed by atoms with van der Waals surface area (Å²) in [5.74, 6) is -0.0676. The highest BCUT2D eigenvalue weighted by atomic mass is 16.2. The van der Waals surface area contributed by atoms with Gasteiger partial charge in [0.05, 0.1) is 0 Å². The molecule has 0 spiro atoms. The normalized spacial score (nSPS) is 22.1. The molecule has 1 heterocycles. The Morgan fingerprint density at radius 1 is 1.35 bits per heavy atom. The van der Waals surface area contributed by atoms with Crippen molar-refractivity contribution in [2.45, 2.75) is 38.8 Å². The maximum absolute atomic E-state index is 12.1. The van der Waals surface area contributed by atoms with Gasteiger partial charge in [0.15, 0.2) is 0 Å². The fourth-order valence-electron chi connectivity index (χ4n) is 2.54. The van der Waals surface area contributed by atoms with Crippen LogP contribution in [0.25, 0.3) is 0 Å². The fourth-order valence-corrected chi connectivity index (χ4v) is 2.54. The Labute approximate surface area is 121 Å². The first-order valence-corrected chi connectivity index (χ1v) is 7.44. The van der Waals surface area contributed by atoms with Crippen LogP contribution in [0.3, 0.4) is 0 Å². The number of anilines is 1. The van der Waals surface area contributed by atoms with E-state index in [9.17, 15) is 4.79 Å². The third-order valence-corrected chi connectivity index (χ3v) is 4.09. The van der Waals surface area contributed by atoms with Crippen molar-refractivity contribution < 1.29 is 4.79 Å². The molecule has 0 aromatic heterocycles. The SMILES string of the molecule is CC(N)C(C)C(=O)NC1CCCN(c2ccccc2)C1. The van der Waals surface area contributed by atoms with Gasteiger partial charge in [0.2, 0.25) is 5.91 Å². The second kappa shape index (κ2) is 6.75. The highest BCUT2D eigenvalue weighted by Crippen LogP contribution is 2.19. The molecule has 1 fully saturated rings. The number of benzene rings is 1. The van der Waals surface area contributed by atoms with E-state index in [1.807, 2.05) is 19.9 Å². The van der Waals surface area contributed by atoms with Crippen LogP contribution in [-0.4, -0.2) is 31.1 Å². The van der Waals surface area contributed by atoms with Crippen molar-refractivity contribution >= 4 is 11.6 Å². The van der Waals surface area contributed by atoms with Gasteiger partial charge < -0.3 is 16.0 Å². The van der Waals surface area contributed by atoms with Crippen LogP contribution >= 0.6 is 0 Å². The molecule has 4 nitrogen and oxygen atoms in total. The number of nitrogens with zero attached hydrogens (tertiary/aromatic N) is 1. The van der Waals surface area contributed by atoms with E-state index in [2.05, 4.69) is 34.5 Å². The van der Waals surface area contributed by atoms with Gasteiger partial charge in [0.1, 0.15) is 0 Å². The summed E-state index contributed by atoms with van der Waals surface area (Å²) in [5.41, 5.74) is 7.02. The van der Waals surface area contributed by atoms with Crippen LogP contribution in [0.2, 0.25) is 0 Å². The molecule has 3 N–H and O–H groups in total. The van der Waals surface area contributed by atoms with E-state index < -0.39 is 0 Å². The molecule has 1 aliphatic rings. The number of carbonyl (C=O) groups excluding carboxylic acids is 1. The fraction of sp³-hybridized carbons (Fsp3) is 0.562. The second-order valence-electron chi connectivity index (χ2n) is 5.78. The first kappa shape index (κ1) is 14.9. The summed E-state index contributed by atoms with van der Waals surface area (Å²) in [5, 5.41) is 3.14. The third-order valence-electron chi connectivity index (χ3n) is 4.09. The molecule has 0 radical (unpaired) electrons. The number of carbonyl (C=O) groups is 1. The van der Waals surface area contributed by atoms with E-state index in [4.69, 9.17) is 5.73 Å². The van der Waals surface area contributed by atoms with E-state index in [0.717, 1.165) is 25.9 Å². The first-order valence-electron chi connectivity index (χ1n) is 7.44. The quantitative estimate of drug-likeness (QED) is 0.880. The molecule has 2 rings (SSSR count). The Balaban J connectivity index is 1.92. The average molecular weight is 275 g/mol. The minimum Gasteiger partial charge on any atom is -0.369 e. The predicted molar refractivity (Wildman–Crippen MR) is 82.6 cm³/mol. The molecular weight excluding hydrogens is 250 g/mol. The number of para-hydroxylation sites is 1. The number of piperidine rings is 1. The zero-order valence-corrected chi connectivity index (χ0v) is 12.4. The molecule has 110 valence electrons. The van der Waals surface area contributed by atoms with Crippen molar-refractivity contribution in [3.05, 3.63) is 30.3 Å². The number of nitrogens with one attached hydrogen (secondary N) is 1. The maximum atomic E-state index is 12.1. The zero-order valence-electron chi connectivity index (χ0n) is 12.4. The molecule has 1 aromatic rings. The van der Waals surface area contributed by atoms with Crippen LogP contribution in [0.4, 0.5) is 5.69 Å². The van der Waals surface area contributed by atoms with Crippen LogP contribution in [0.15, 0.2) is 30.3 Å². The van der Waals surface area contributed by atoms with Gasteiger partial charge in [-0.25, -0.2) is 0 Å². The van der Waals surface area contributed by atoms with E-state index >= 15 is 0 Å². The lowest BCUT2D eigenvalue weighted by molar-refractivity contribution is -0.125. The Hall–Kier alpha value is -1.55. The van der Waals surface area contributed by atoms with Crippen molar-refractivity contribution in [2.75, 3.05) is 18.0 Å².